The van der Waals surface area contributed by atoms with Crippen LogP contribution in [0.15, 0.2) is 109 Å². The fourth-order valence-corrected chi connectivity index (χ4v) is 3.16. The van der Waals surface area contributed by atoms with Crippen molar-refractivity contribution in [1.82, 2.24) is 0 Å². The lowest BCUT2D eigenvalue weighted by atomic mass is 10.0. The summed E-state index contributed by atoms with van der Waals surface area (Å²) in [5.74, 6) is -0.612. The van der Waals surface area contributed by atoms with Gasteiger partial charge in [-0.2, -0.15) is 0 Å². The summed E-state index contributed by atoms with van der Waals surface area (Å²) in [6, 6.07) is 33.2. The Kier molecular flexibility index (Phi) is 4.98. The van der Waals surface area contributed by atoms with Crippen LogP contribution in [-0.2, 0) is 0 Å². The minimum absolute atomic E-state index is 0.197. The van der Waals surface area contributed by atoms with Gasteiger partial charge < -0.3 is 4.90 Å². The molecule has 0 saturated carbocycles. The average molecular weight is 367 g/mol. The molecule has 0 amide bonds. The molecule has 0 aliphatic rings. The molecule has 4 aromatic rings. The molecule has 0 N–H and O–H groups in total. The number of para-hydroxylation sites is 2. The van der Waals surface area contributed by atoms with Gasteiger partial charge in [-0.3, -0.25) is 4.79 Å². The Morgan fingerprint density at radius 2 is 1.11 bits per heavy atom. The van der Waals surface area contributed by atoms with Gasteiger partial charge in [0.15, 0.2) is 5.78 Å². The molecule has 4 rings (SSSR count). The molecule has 3 heteroatoms. The number of benzene rings is 4. The molecule has 136 valence electrons. The van der Waals surface area contributed by atoms with Gasteiger partial charge in [0.1, 0.15) is 5.82 Å². The third kappa shape index (κ3) is 3.69. The zero-order valence-corrected chi connectivity index (χ0v) is 15.1. The fraction of sp³-hybridized carbons (Fsp3) is 0. The molecule has 4 aromatic carbocycles. The summed E-state index contributed by atoms with van der Waals surface area (Å²) in [7, 11) is 0. The van der Waals surface area contributed by atoms with Gasteiger partial charge in [0, 0.05) is 28.2 Å². The van der Waals surface area contributed by atoms with Crippen LogP contribution in [0.5, 0.6) is 0 Å². The molecule has 0 atom stereocenters. The van der Waals surface area contributed by atoms with Gasteiger partial charge in [0.25, 0.3) is 0 Å². The second kappa shape index (κ2) is 7.89. The highest BCUT2D eigenvalue weighted by Gasteiger charge is 2.14. The van der Waals surface area contributed by atoms with E-state index < -0.39 is 5.82 Å². The molecule has 2 nitrogen and oxygen atoms in total. The average Bonchev–Trinajstić information content (AvgIpc) is 2.75. The molecule has 0 spiro atoms. The Morgan fingerprint density at radius 3 is 1.64 bits per heavy atom. The minimum Gasteiger partial charge on any atom is -0.311 e. The van der Waals surface area contributed by atoms with E-state index in [1.165, 1.54) is 12.1 Å². The molecule has 0 aliphatic heterocycles. The molecular weight excluding hydrogens is 349 g/mol. The Balaban J connectivity index is 1.70. The Morgan fingerprint density at radius 1 is 0.571 bits per heavy atom. The topological polar surface area (TPSA) is 20.3 Å². The molecule has 0 aromatic heterocycles. The first-order valence-electron chi connectivity index (χ1n) is 9.03. The van der Waals surface area contributed by atoms with Gasteiger partial charge in [-0.05, 0) is 60.7 Å². The third-order valence-corrected chi connectivity index (χ3v) is 4.50. The van der Waals surface area contributed by atoms with E-state index in [-0.39, 0.29) is 5.78 Å². The first kappa shape index (κ1) is 17.7. The highest BCUT2D eigenvalue weighted by Crippen LogP contribution is 2.34. The number of anilines is 3. The van der Waals surface area contributed by atoms with Gasteiger partial charge in [0.05, 0.1) is 0 Å². The van der Waals surface area contributed by atoms with E-state index in [1.54, 1.807) is 24.3 Å². The van der Waals surface area contributed by atoms with Gasteiger partial charge in [0.2, 0.25) is 0 Å². The predicted molar refractivity (Wildman–Crippen MR) is 111 cm³/mol. The largest absolute Gasteiger partial charge is 0.311 e. The zero-order valence-electron chi connectivity index (χ0n) is 15.1. The van der Waals surface area contributed by atoms with Gasteiger partial charge >= 0.3 is 0 Å². The van der Waals surface area contributed by atoms with Crippen molar-refractivity contribution in [2.24, 2.45) is 0 Å². The number of carbonyl (C=O) groups is 1. The number of carbonyl (C=O) groups excluding carboxylic acids is 1. The first-order chi connectivity index (χ1) is 13.7. The summed E-state index contributed by atoms with van der Waals surface area (Å²) in [5, 5.41) is 0. The van der Waals surface area contributed by atoms with E-state index in [1.807, 2.05) is 72.8 Å². The van der Waals surface area contributed by atoms with Crippen LogP contribution in [-0.4, -0.2) is 5.78 Å². The van der Waals surface area contributed by atoms with Crippen LogP contribution in [0.1, 0.15) is 15.9 Å². The maximum Gasteiger partial charge on any atom is 0.193 e. The lowest BCUT2D eigenvalue weighted by Crippen LogP contribution is -2.10. The van der Waals surface area contributed by atoms with Crippen LogP contribution < -0.4 is 4.90 Å². The van der Waals surface area contributed by atoms with E-state index in [2.05, 4.69) is 4.90 Å². The number of nitrogens with zero attached hydrogens (tertiary/aromatic N) is 1. The second-order valence-corrected chi connectivity index (χ2v) is 6.39. The summed E-state index contributed by atoms with van der Waals surface area (Å²) >= 11 is 0. The van der Waals surface area contributed by atoms with E-state index in [0.29, 0.717) is 11.1 Å². The van der Waals surface area contributed by atoms with Gasteiger partial charge in [-0.15, -0.1) is 0 Å². The van der Waals surface area contributed by atoms with E-state index in [4.69, 9.17) is 0 Å². The van der Waals surface area contributed by atoms with Crippen molar-refractivity contribution in [2.75, 3.05) is 4.90 Å². The first-order valence-corrected chi connectivity index (χ1v) is 9.03. The van der Waals surface area contributed by atoms with Crippen LogP contribution in [0.2, 0.25) is 0 Å². The minimum atomic E-state index is -0.415. The molecule has 0 fully saturated rings. The van der Waals surface area contributed by atoms with Crippen LogP contribution >= 0.6 is 0 Å². The molecule has 28 heavy (non-hydrogen) atoms. The lowest BCUT2D eigenvalue weighted by molar-refractivity contribution is 0.103. The number of hydrogen-bond donors (Lipinski definition) is 0. The Labute approximate surface area is 163 Å². The fourth-order valence-electron chi connectivity index (χ4n) is 3.16. The number of hydrogen-bond acceptors (Lipinski definition) is 2. The van der Waals surface area contributed by atoms with Crippen molar-refractivity contribution in [1.29, 1.82) is 0 Å². The van der Waals surface area contributed by atoms with Crippen molar-refractivity contribution in [3.05, 3.63) is 126 Å². The predicted octanol–water partition coefficient (Wildman–Crippen LogP) is 6.53. The van der Waals surface area contributed by atoms with E-state index in [0.717, 1.165) is 17.1 Å². The van der Waals surface area contributed by atoms with Crippen molar-refractivity contribution in [3.8, 4) is 0 Å². The standard InChI is InChI=1S/C25H18FNO/c26-21-9-7-8-20(18-21)25(28)19-14-16-24(17-15-19)27(22-10-3-1-4-11-22)23-12-5-2-6-13-23/h1-18H. The smallest absolute Gasteiger partial charge is 0.193 e. The molecular formula is C25H18FNO. The lowest BCUT2D eigenvalue weighted by Gasteiger charge is -2.25. The Hall–Kier alpha value is -3.72. The van der Waals surface area contributed by atoms with Crippen LogP contribution in [0, 0.1) is 5.82 Å². The molecule has 0 unspecified atom stereocenters. The Bertz CT molecular complexity index is 1040. The van der Waals surface area contributed by atoms with Gasteiger partial charge in [-0.25, -0.2) is 4.39 Å². The molecule has 0 bridgehead atoms. The molecule has 0 saturated heterocycles. The molecule has 0 aliphatic carbocycles. The summed E-state index contributed by atoms with van der Waals surface area (Å²) in [6.07, 6.45) is 0. The summed E-state index contributed by atoms with van der Waals surface area (Å²) in [6.45, 7) is 0. The highest BCUT2D eigenvalue weighted by molar-refractivity contribution is 6.09. The number of ketones is 1. The van der Waals surface area contributed by atoms with Crippen LogP contribution in [0.3, 0.4) is 0 Å². The quantitative estimate of drug-likeness (QED) is 0.374. The van der Waals surface area contributed by atoms with E-state index in [9.17, 15) is 9.18 Å². The molecule has 0 heterocycles. The summed E-state index contributed by atoms with van der Waals surface area (Å²) in [4.78, 5) is 14.8. The number of halogens is 1. The molecule has 0 radical (unpaired) electrons. The maximum atomic E-state index is 13.4. The zero-order chi connectivity index (χ0) is 19.3. The van der Waals surface area contributed by atoms with Crippen LogP contribution in [0.25, 0.3) is 0 Å². The monoisotopic (exact) mass is 367 g/mol. The van der Waals surface area contributed by atoms with Crippen molar-refractivity contribution < 1.29 is 9.18 Å². The highest BCUT2D eigenvalue weighted by atomic mass is 19.1. The van der Waals surface area contributed by atoms with Gasteiger partial charge in [-0.1, -0.05) is 48.5 Å². The summed E-state index contributed by atoms with van der Waals surface area (Å²) < 4.78 is 13.4. The van der Waals surface area contributed by atoms with Crippen LogP contribution in [0.4, 0.5) is 21.5 Å². The van der Waals surface area contributed by atoms with Crippen molar-refractivity contribution in [2.45, 2.75) is 0 Å². The normalized spacial score (nSPS) is 10.5. The second-order valence-electron chi connectivity index (χ2n) is 6.39. The summed E-state index contributed by atoms with van der Waals surface area (Å²) in [5.41, 5.74) is 3.86. The SMILES string of the molecule is O=C(c1ccc(N(c2ccccc2)c2ccccc2)cc1)c1cccc(F)c1. The van der Waals surface area contributed by atoms with E-state index >= 15 is 0 Å². The van der Waals surface area contributed by atoms with Crippen molar-refractivity contribution in [3.63, 3.8) is 0 Å². The van der Waals surface area contributed by atoms with Crippen molar-refractivity contribution >= 4 is 22.8 Å². The third-order valence-electron chi connectivity index (χ3n) is 4.50. The maximum absolute atomic E-state index is 13.4. The number of rotatable bonds is 5.